The first-order valence-corrected chi connectivity index (χ1v) is 10.6. The van der Waals surface area contributed by atoms with Gasteiger partial charge in [0.25, 0.3) is 5.91 Å². The number of ether oxygens (including phenoxy) is 1. The molecule has 6 rings (SSSR count). The van der Waals surface area contributed by atoms with Gasteiger partial charge in [-0.25, -0.2) is 0 Å². The molecule has 1 aromatic heterocycles. The Morgan fingerprint density at radius 3 is 2.43 bits per heavy atom. The number of aromatic nitrogens is 2. The minimum Gasteiger partial charge on any atom is -0.495 e. The highest BCUT2D eigenvalue weighted by Crippen LogP contribution is 2.58. The van der Waals surface area contributed by atoms with E-state index in [0.717, 1.165) is 24.8 Å². The number of hydrogen-bond acceptors (Lipinski definition) is 5. The molecule has 0 atom stereocenters. The Bertz CT molecular complexity index is 993. The van der Waals surface area contributed by atoms with Gasteiger partial charge in [-0.2, -0.15) is 5.10 Å². The van der Waals surface area contributed by atoms with Crippen LogP contribution in [0.3, 0.4) is 0 Å². The van der Waals surface area contributed by atoms with Crippen molar-refractivity contribution in [2.75, 3.05) is 12.4 Å². The molecule has 8 heteroatoms. The SMILES string of the molecule is COc1ccc(C)cc1NC(=O)c1nn(C23CC4CC(CC(C4)C2)C3)cc1[N+](=O)[O-]. The summed E-state index contributed by atoms with van der Waals surface area (Å²) in [6.45, 7) is 1.90. The highest BCUT2D eigenvalue weighted by molar-refractivity contribution is 6.06. The van der Waals surface area contributed by atoms with Crippen LogP contribution in [0.5, 0.6) is 5.75 Å². The van der Waals surface area contributed by atoms with Gasteiger partial charge in [-0.05, 0) is 80.9 Å². The number of carbonyl (C=O) groups excluding carboxylic acids is 1. The summed E-state index contributed by atoms with van der Waals surface area (Å²) in [5.41, 5.74) is 0.856. The van der Waals surface area contributed by atoms with Gasteiger partial charge in [0.1, 0.15) is 11.9 Å². The first-order valence-electron chi connectivity index (χ1n) is 10.6. The number of nitro groups is 1. The van der Waals surface area contributed by atoms with Crippen molar-refractivity contribution in [3.63, 3.8) is 0 Å². The molecule has 0 saturated heterocycles. The van der Waals surface area contributed by atoms with E-state index in [4.69, 9.17) is 4.74 Å². The van der Waals surface area contributed by atoms with E-state index in [9.17, 15) is 14.9 Å². The summed E-state index contributed by atoms with van der Waals surface area (Å²) in [6, 6.07) is 5.41. The van der Waals surface area contributed by atoms with Gasteiger partial charge in [-0.1, -0.05) is 6.07 Å². The number of nitrogens with zero attached hydrogens (tertiary/aromatic N) is 3. The van der Waals surface area contributed by atoms with E-state index in [-0.39, 0.29) is 16.9 Å². The molecule has 30 heavy (non-hydrogen) atoms. The number of nitrogens with one attached hydrogen (secondary N) is 1. The van der Waals surface area contributed by atoms with E-state index >= 15 is 0 Å². The Kier molecular flexibility index (Phi) is 4.34. The van der Waals surface area contributed by atoms with Crippen LogP contribution in [0, 0.1) is 34.8 Å². The molecule has 1 N–H and O–H groups in total. The largest absolute Gasteiger partial charge is 0.495 e. The van der Waals surface area contributed by atoms with Crippen LogP contribution >= 0.6 is 0 Å². The number of amides is 1. The van der Waals surface area contributed by atoms with Gasteiger partial charge in [-0.3, -0.25) is 19.6 Å². The summed E-state index contributed by atoms with van der Waals surface area (Å²) in [7, 11) is 1.52. The fourth-order valence-electron chi connectivity index (χ4n) is 6.35. The molecule has 4 bridgehead atoms. The lowest BCUT2D eigenvalue weighted by molar-refractivity contribution is -0.385. The topological polar surface area (TPSA) is 99.3 Å². The van der Waals surface area contributed by atoms with Gasteiger partial charge in [0.2, 0.25) is 5.69 Å². The van der Waals surface area contributed by atoms with Crippen molar-refractivity contribution in [3.8, 4) is 5.75 Å². The molecule has 4 fully saturated rings. The predicted octanol–water partition coefficient (Wildman–Crippen LogP) is 4.29. The average Bonchev–Trinajstić information content (AvgIpc) is 3.14. The standard InChI is InChI=1S/C22H26N4O4/c1-13-3-4-19(30-2)17(5-13)23-21(27)20-18(26(28)29)12-25(24-20)22-9-14-6-15(10-22)8-16(7-14)11-22/h3-5,12,14-16H,6-11H2,1-2H3,(H,23,27). The van der Waals surface area contributed by atoms with Crippen LogP contribution in [-0.2, 0) is 5.54 Å². The Balaban J connectivity index is 1.49. The van der Waals surface area contributed by atoms with E-state index in [1.165, 1.54) is 32.6 Å². The van der Waals surface area contributed by atoms with Gasteiger partial charge < -0.3 is 10.1 Å². The van der Waals surface area contributed by atoms with Crippen LogP contribution in [0.2, 0.25) is 0 Å². The third-order valence-electron chi connectivity index (χ3n) is 7.20. The molecule has 0 spiro atoms. The van der Waals surface area contributed by atoms with Gasteiger partial charge in [0.05, 0.1) is 23.3 Å². The van der Waals surface area contributed by atoms with Crippen molar-refractivity contribution in [1.82, 2.24) is 9.78 Å². The third-order valence-corrected chi connectivity index (χ3v) is 7.20. The molecule has 2 aromatic rings. The molecule has 4 aliphatic rings. The van der Waals surface area contributed by atoms with E-state index in [0.29, 0.717) is 29.2 Å². The third kappa shape index (κ3) is 3.05. The van der Waals surface area contributed by atoms with Crippen LogP contribution in [0.15, 0.2) is 24.4 Å². The fourth-order valence-corrected chi connectivity index (χ4v) is 6.35. The Hall–Kier alpha value is -2.90. The zero-order valence-corrected chi connectivity index (χ0v) is 17.3. The average molecular weight is 410 g/mol. The molecular weight excluding hydrogens is 384 g/mol. The molecular formula is C22H26N4O4. The predicted molar refractivity (Wildman–Crippen MR) is 111 cm³/mol. The summed E-state index contributed by atoms with van der Waals surface area (Å²) in [6.07, 6.45) is 8.30. The first-order chi connectivity index (χ1) is 14.4. The van der Waals surface area contributed by atoms with E-state index < -0.39 is 10.8 Å². The van der Waals surface area contributed by atoms with Crippen molar-refractivity contribution in [2.24, 2.45) is 17.8 Å². The summed E-state index contributed by atoms with van der Waals surface area (Å²) >= 11 is 0. The number of hydrogen-bond donors (Lipinski definition) is 1. The lowest BCUT2D eigenvalue weighted by Gasteiger charge is -2.56. The van der Waals surface area contributed by atoms with E-state index in [1.807, 2.05) is 13.0 Å². The minimum absolute atomic E-state index is 0.140. The number of benzene rings is 1. The maximum atomic E-state index is 13.0. The monoisotopic (exact) mass is 410 g/mol. The Morgan fingerprint density at radius 1 is 1.23 bits per heavy atom. The fraction of sp³-hybridized carbons (Fsp3) is 0.545. The van der Waals surface area contributed by atoms with E-state index in [2.05, 4.69) is 10.4 Å². The highest BCUT2D eigenvalue weighted by Gasteiger charge is 2.53. The normalized spacial score (nSPS) is 29.1. The molecule has 4 saturated carbocycles. The van der Waals surface area contributed by atoms with Crippen LogP contribution in [0.1, 0.15) is 54.6 Å². The maximum Gasteiger partial charge on any atom is 0.320 e. The van der Waals surface area contributed by atoms with Crippen molar-refractivity contribution in [1.29, 1.82) is 0 Å². The second kappa shape index (κ2) is 6.82. The lowest BCUT2D eigenvalue weighted by atomic mass is 9.53. The van der Waals surface area contributed by atoms with Gasteiger partial charge in [-0.15, -0.1) is 0 Å². The summed E-state index contributed by atoms with van der Waals surface area (Å²) in [4.78, 5) is 24.2. The molecule has 0 radical (unpaired) electrons. The molecule has 1 aromatic carbocycles. The molecule has 4 aliphatic carbocycles. The van der Waals surface area contributed by atoms with Gasteiger partial charge in [0, 0.05) is 0 Å². The number of aryl methyl sites for hydroxylation is 1. The van der Waals surface area contributed by atoms with Crippen molar-refractivity contribution in [3.05, 3.63) is 45.8 Å². The van der Waals surface area contributed by atoms with Crippen molar-refractivity contribution in [2.45, 2.75) is 51.0 Å². The second-order valence-electron chi connectivity index (χ2n) is 9.36. The lowest BCUT2D eigenvalue weighted by Crippen LogP contribution is -2.52. The van der Waals surface area contributed by atoms with Crippen molar-refractivity contribution < 1.29 is 14.5 Å². The molecule has 8 nitrogen and oxygen atoms in total. The number of methoxy groups -OCH3 is 1. The Morgan fingerprint density at radius 2 is 1.87 bits per heavy atom. The molecule has 0 aliphatic heterocycles. The first kappa shape index (κ1) is 19.1. The highest BCUT2D eigenvalue weighted by atomic mass is 16.6. The minimum atomic E-state index is -0.589. The summed E-state index contributed by atoms with van der Waals surface area (Å²) in [5.74, 6) is 1.93. The van der Waals surface area contributed by atoms with E-state index in [1.54, 1.807) is 16.8 Å². The molecule has 0 unspecified atom stereocenters. The maximum absolute atomic E-state index is 13.0. The van der Waals surface area contributed by atoms with Gasteiger partial charge >= 0.3 is 5.69 Å². The zero-order valence-electron chi connectivity index (χ0n) is 17.3. The van der Waals surface area contributed by atoms with Crippen LogP contribution in [0.4, 0.5) is 11.4 Å². The molecule has 158 valence electrons. The smallest absolute Gasteiger partial charge is 0.320 e. The Labute approximate surface area is 174 Å². The number of carbonyl (C=O) groups is 1. The molecule has 1 amide bonds. The van der Waals surface area contributed by atoms with Crippen LogP contribution in [0.25, 0.3) is 0 Å². The zero-order chi connectivity index (χ0) is 21.0. The number of anilines is 1. The summed E-state index contributed by atoms with van der Waals surface area (Å²) in [5, 5.41) is 19.0. The summed E-state index contributed by atoms with van der Waals surface area (Å²) < 4.78 is 7.07. The molecule has 1 heterocycles. The number of rotatable bonds is 5. The van der Waals surface area contributed by atoms with Crippen LogP contribution in [-0.4, -0.2) is 27.7 Å². The second-order valence-corrected chi connectivity index (χ2v) is 9.36. The van der Waals surface area contributed by atoms with Crippen molar-refractivity contribution >= 4 is 17.3 Å². The van der Waals surface area contributed by atoms with Gasteiger partial charge in [0.15, 0.2) is 0 Å². The quantitative estimate of drug-likeness (QED) is 0.586. The van der Waals surface area contributed by atoms with Crippen LogP contribution < -0.4 is 10.1 Å².